The highest BCUT2D eigenvalue weighted by Crippen LogP contribution is 2.12. The first kappa shape index (κ1) is 25.1. The molecule has 0 bridgehead atoms. The highest BCUT2D eigenvalue weighted by atomic mass is 35.5. The van der Waals surface area contributed by atoms with Crippen molar-refractivity contribution in [1.82, 2.24) is 5.32 Å². The van der Waals surface area contributed by atoms with Crippen LogP contribution in [0.3, 0.4) is 0 Å². The highest BCUT2D eigenvalue weighted by molar-refractivity contribution is 5.85. The van der Waals surface area contributed by atoms with Crippen LogP contribution in [0.15, 0.2) is 12.2 Å². The molecule has 0 radical (unpaired) electrons. The molecular weight excluding hydrogens is 314 g/mol. The van der Waals surface area contributed by atoms with Crippen molar-refractivity contribution in [2.24, 2.45) is 0 Å². The third kappa shape index (κ3) is 14.0. The van der Waals surface area contributed by atoms with Crippen molar-refractivity contribution in [2.45, 2.75) is 78.7 Å². The molecule has 0 rings (SSSR count). The lowest BCUT2D eigenvalue weighted by Gasteiger charge is -2.32. The maximum Gasteiger partial charge on any atom is 0.351 e. The van der Waals surface area contributed by atoms with E-state index in [1.54, 1.807) is 0 Å². The molecule has 0 aromatic heterocycles. The number of halogens is 1. The van der Waals surface area contributed by atoms with E-state index in [0.717, 1.165) is 6.42 Å². The molecule has 0 heterocycles. The fourth-order valence-corrected chi connectivity index (χ4v) is 2.28. The molecule has 0 amide bonds. The van der Waals surface area contributed by atoms with Crippen LogP contribution in [0, 0.1) is 0 Å². The van der Waals surface area contributed by atoms with Gasteiger partial charge in [0.2, 0.25) is 0 Å². The van der Waals surface area contributed by atoms with Crippen LogP contribution in [-0.2, 0) is 14.2 Å². The Morgan fingerprint density at radius 3 is 1.78 bits per heavy atom. The predicted molar refractivity (Wildman–Crippen MR) is 100.0 cm³/mol. The average Bonchev–Trinajstić information content (AvgIpc) is 2.50. The zero-order chi connectivity index (χ0) is 16.5. The molecule has 1 N–H and O–H groups in total. The second-order valence-electron chi connectivity index (χ2n) is 5.26. The Balaban J connectivity index is 0. The molecule has 0 atom stereocenters. The van der Waals surface area contributed by atoms with E-state index in [0.29, 0.717) is 26.4 Å². The lowest BCUT2D eigenvalue weighted by Crippen LogP contribution is -2.52. The number of hydrogen-bond donors (Lipinski definition) is 1. The topological polar surface area (TPSA) is 39.7 Å². The Morgan fingerprint density at radius 2 is 1.26 bits per heavy atom. The molecule has 0 saturated carbocycles. The van der Waals surface area contributed by atoms with Gasteiger partial charge in [0.25, 0.3) is 0 Å². The average molecular weight is 352 g/mol. The molecule has 0 fully saturated rings. The van der Waals surface area contributed by atoms with Crippen molar-refractivity contribution in [3.05, 3.63) is 12.2 Å². The lowest BCUT2D eigenvalue weighted by atomic mass is 10.1. The van der Waals surface area contributed by atoms with Crippen LogP contribution in [0.2, 0.25) is 0 Å². The molecule has 0 aliphatic carbocycles. The minimum atomic E-state index is -1.11. The predicted octanol–water partition coefficient (Wildman–Crippen LogP) is 5.03. The fourth-order valence-electron chi connectivity index (χ4n) is 2.28. The van der Waals surface area contributed by atoms with Gasteiger partial charge in [-0.15, -0.1) is 12.4 Å². The van der Waals surface area contributed by atoms with Crippen molar-refractivity contribution >= 4 is 12.4 Å². The Hall–Kier alpha value is -0.130. The van der Waals surface area contributed by atoms with Crippen LogP contribution in [0.4, 0.5) is 0 Å². The van der Waals surface area contributed by atoms with Gasteiger partial charge in [0.05, 0.1) is 19.8 Å². The zero-order valence-corrected chi connectivity index (χ0v) is 16.4. The van der Waals surface area contributed by atoms with Crippen LogP contribution in [0.1, 0.15) is 72.6 Å². The SMILES string of the molecule is CCCCCCCC/C=C/CNC(OCC)(OCC)OCC.Cl. The molecule has 0 unspecified atom stereocenters. The second-order valence-corrected chi connectivity index (χ2v) is 5.26. The van der Waals surface area contributed by atoms with E-state index >= 15 is 0 Å². The van der Waals surface area contributed by atoms with Gasteiger partial charge in [0.15, 0.2) is 0 Å². The number of unbranched alkanes of at least 4 members (excludes halogenated alkanes) is 6. The first-order valence-corrected chi connectivity index (χ1v) is 9.06. The van der Waals surface area contributed by atoms with E-state index in [2.05, 4.69) is 24.4 Å². The van der Waals surface area contributed by atoms with E-state index < -0.39 is 6.10 Å². The van der Waals surface area contributed by atoms with Gasteiger partial charge in [-0.1, -0.05) is 51.2 Å². The normalized spacial score (nSPS) is 11.8. The number of nitrogens with one attached hydrogen (secondary N) is 1. The second kappa shape index (κ2) is 18.2. The van der Waals surface area contributed by atoms with Crippen molar-refractivity contribution in [2.75, 3.05) is 26.4 Å². The zero-order valence-electron chi connectivity index (χ0n) is 15.6. The summed E-state index contributed by atoms with van der Waals surface area (Å²) in [5.74, 6) is 0. The maximum absolute atomic E-state index is 5.60. The molecule has 0 spiro atoms. The van der Waals surface area contributed by atoms with E-state index in [-0.39, 0.29) is 12.4 Å². The molecule has 140 valence electrons. The Kier molecular flexibility index (Phi) is 19.9. The van der Waals surface area contributed by atoms with Gasteiger partial charge >= 0.3 is 6.10 Å². The summed E-state index contributed by atoms with van der Waals surface area (Å²) in [5, 5.41) is 3.20. The molecule has 0 aromatic rings. The van der Waals surface area contributed by atoms with Gasteiger partial charge in [0, 0.05) is 6.54 Å². The quantitative estimate of drug-likeness (QED) is 0.240. The fraction of sp³-hybridized carbons (Fsp3) is 0.889. The summed E-state index contributed by atoms with van der Waals surface area (Å²) in [7, 11) is 0. The van der Waals surface area contributed by atoms with Gasteiger partial charge in [-0.25, -0.2) is 5.32 Å². The summed E-state index contributed by atoms with van der Waals surface area (Å²) in [5.41, 5.74) is 0. The smallest absolute Gasteiger partial charge is 0.314 e. The third-order valence-corrected chi connectivity index (χ3v) is 3.33. The first-order chi connectivity index (χ1) is 10.7. The third-order valence-electron chi connectivity index (χ3n) is 3.33. The van der Waals surface area contributed by atoms with Gasteiger partial charge in [0.1, 0.15) is 0 Å². The van der Waals surface area contributed by atoms with E-state index in [1.165, 1.54) is 38.5 Å². The summed E-state index contributed by atoms with van der Waals surface area (Å²) < 4.78 is 16.8. The van der Waals surface area contributed by atoms with Gasteiger partial charge in [-0.3, -0.25) is 0 Å². The number of allylic oxidation sites excluding steroid dienone is 1. The van der Waals surface area contributed by atoms with E-state index in [4.69, 9.17) is 14.2 Å². The summed E-state index contributed by atoms with van der Waals surface area (Å²) >= 11 is 0. The summed E-state index contributed by atoms with van der Waals surface area (Å²) in [4.78, 5) is 0. The summed E-state index contributed by atoms with van der Waals surface area (Å²) in [6.07, 6.45) is 12.4. The Labute approximate surface area is 149 Å². The number of hydrogen-bond acceptors (Lipinski definition) is 4. The molecule has 0 aliphatic heterocycles. The molecule has 4 nitrogen and oxygen atoms in total. The first-order valence-electron chi connectivity index (χ1n) is 9.06. The standard InChI is InChI=1S/C18H37NO3.ClH/c1-5-9-10-11-12-13-14-15-16-17-19-18(20-6-2,21-7-3)22-8-4;/h15-16,19H,5-14,17H2,1-4H3;1H/b16-15+;. The van der Waals surface area contributed by atoms with Crippen molar-refractivity contribution in [3.63, 3.8) is 0 Å². The van der Waals surface area contributed by atoms with Gasteiger partial charge in [-0.2, -0.15) is 0 Å². The molecule has 0 aliphatic rings. The minimum absolute atomic E-state index is 0. The van der Waals surface area contributed by atoms with Gasteiger partial charge in [-0.05, 0) is 33.6 Å². The van der Waals surface area contributed by atoms with Crippen molar-refractivity contribution in [3.8, 4) is 0 Å². The largest absolute Gasteiger partial charge is 0.351 e. The summed E-state index contributed by atoms with van der Waals surface area (Å²) in [6, 6.07) is 0. The molecule has 0 saturated heterocycles. The van der Waals surface area contributed by atoms with Crippen LogP contribution in [-0.4, -0.2) is 32.5 Å². The van der Waals surface area contributed by atoms with Crippen molar-refractivity contribution in [1.29, 1.82) is 0 Å². The lowest BCUT2D eigenvalue weighted by molar-refractivity contribution is -0.392. The van der Waals surface area contributed by atoms with Crippen LogP contribution >= 0.6 is 12.4 Å². The van der Waals surface area contributed by atoms with Gasteiger partial charge < -0.3 is 14.2 Å². The molecule has 5 heteroatoms. The summed E-state index contributed by atoms with van der Waals surface area (Å²) in [6.45, 7) is 10.3. The monoisotopic (exact) mass is 351 g/mol. The Morgan fingerprint density at radius 1 is 0.739 bits per heavy atom. The van der Waals surface area contributed by atoms with Crippen molar-refractivity contribution < 1.29 is 14.2 Å². The number of rotatable bonds is 16. The highest BCUT2D eigenvalue weighted by Gasteiger charge is 2.31. The van der Waals surface area contributed by atoms with Crippen LogP contribution in [0.5, 0.6) is 0 Å². The van der Waals surface area contributed by atoms with E-state index in [9.17, 15) is 0 Å². The molecule has 23 heavy (non-hydrogen) atoms. The maximum atomic E-state index is 5.60. The number of ether oxygens (including phenoxy) is 3. The van der Waals surface area contributed by atoms with Crippen LogP contribution in [0.25, 0.3) is 0 Å². The Bertz CT molecular complexity index is 246. The molecular formula is C18H38ClNO3. The molecule has 0 aromatic carbocycles. The van der Waals surface area contributed by atoms with Crippen LogP contribution < -0.4 is 5.32 Å². The minimum Gasteiger partial charge on any atom is -0.314 e. The van der Waals surface area contributed by atoms with E-state index in [1.807, 2.05) is 20.8 Å².